The average Bonchev–Trinajstić information content (AvgIpc) is 2.91. The summed E-state index contributed by atoms with van der Waals surface area (Å²) in [6.07, 6.45) is 3.16. The highest BCUT2D eigenvalue weighted by molar-refractivity contribution is 6.28. The number of rotatable bonds is 2. The van der Waals surface area contributed by atoms with Gasteiger partial charge in [-0.15, -0.1) is 0 Å². The number of carbonyl (C=O) groups is 1. The van der Waals surface area contributed by atoms with Crippen LogP contribution in [0.3, 0.4) is 0 Å². The van der Waals surface area contributed by atoms with Crippen LogP contribution in [-0.2, 0) is 9.53 Å². The van der Waals surface area contributed by atoms with E-state index in [0.29, 0.717) is 31.1 Å². The Morgan fingerprint density at radius 2 is 2.47 bits per heavy atom. The minimum Gasteiger partial charge on any atom is -0.379 e. The zero-order valence-electron chi connectivity index (χ0n) is 10.6. The van der Waals surface area contributed by atoms with E-state index in [0.717, 1.165) is 6.42 Å². The van der Waals surface area contributed by atoms with E-state index in [4.69, 9.17) is 16.3 Å². The van der Waals surface area contributed by atoms with Crippen LogP contribution in [0.2, 0.25) is 5.28 Å². The maximum absolute atomic E-state index is 12.2. The van der Waals surface area contributed by atoms with Crippen LogP contribution in [0, 0.1) is 0 Å². The largest absolute Gasteiger partial charge is 0.379 e. The third-order valence-electron chi connectivity index (χ3n) is 3.57. The van der Waals surface area contributed by atoms with Crippen LogP contribution in [0.1, 0.15) is 19.8 Å². The molecule has 3 heterocycles. The van der Waals surface area contributed by atoms with Gasteiger partial charge in [-0.05, 0) is 24.4 Å². The Morgan fingerprint density at radius 3 is 3.16 bits per heavy atom. The Balaban J connectivity index is 2.05. The van der Waals surface area contributed by atoms with Crippen molar-refractivity contribution in [1.82, 2.24) is 9.97 Å². The van der Waals surface area contributed by atoms with Gasteiger partial charge in [0.05, 0.1) is 18.8 Å². The maximum Gasteiger partial charge on any atom is 0.247 e. The summed E-state index contributed by atoms with van der Waals surface area (Å²) in [5, 5.41) is 3.03. The number of nitrogens with zero attached hydrogens (tertiary/aromatic N) is 3. The molecular weight excluding hydrogens is 268 g/mol. The molecule has 0 spiro atoms. The number of carbonyl (C=O) groups excluding carboxylic acids is 1. The number of hydrogen-bond donors (Lipinski definition) is 1. The quantitative estimate of drug-likeness (QED) is 0.832. The number of fused-ring (bicyclic) bond motifs is 1. The summed E-state index contributed by atoms with van der Waals surface area (Å²) in [5.74, 6) is 0.676. The average molecular weight is 283 g/mol. The lowest BCUT2D eigenvalue weighted by Gasteiger charge is -2.39. The summed E-state index contributed by atoms with van der Waals surface area (Å²) >= 11 is 5.88. The molecule has 2 unspecified atom stereocenters. The lowest BCUT2D eigenvalue weighted by molar-refractivity contribution is -0.117. The van der Waals surface area contributed by atoms with Gasteiger partial charge in [0.15, 0.2) is 5.82 Å². The highest BCUT2D eigenvalue weighted by atomic mass is 35.5. The predicted octanol–water partition coefficient (Wildman–Crippen LogP) is 1.46. The van der Waals surface area contributed by atoms with Gasteiger partial charge in [0.1, 0.15) is 11.7 Å². The van der Waals surface area contributed by atoms with Crippen molar-refractivity contribution in [2.24, 2.45) is 0 Å². The second-order valence-corrected chi connectivity index (χ2v) is 5.05. The molecule has 1 fully saturated rings. The van der Waals surface area contributed by atoms with Crippen LogP contribution in [0.15, 0.2) is 6.20 Å². The molecule has 3 rings (SSSR count). The summed E-state index contributed by atoms with van der Waals surface area (Å²) in [6.45, 7) is 3.32. The van der Waals surface area contributed by atoms with Crippen molar-refractivity contribution in [3.63, 3.8) is 0 Å². The molecule has 0 aromatic carbocycles. The third-order valence-corrected chi connectivity index (χ3v) is 3.75. The van der Waals surface area contributed by atoms with Gasteiger partial charge in [-0.3, -0.25) is 4.79 Å². The van der Waals surface area contributed by atoms with Crippen molar-refractivity contribution in [2.45, 2.75) is 31.8 Å². The van der Waals surface area contributed by atoms with Crippen molar-refractivity contribution in [3.8, 4) is 0 Å². The lowest BCUT2D eigenvalue weighted by Crippen LogP contribution is -2.53. The molecule has 2 aliphatic heterocycles. The predicted molar refractivity (Wildman–Crippen MR) is 71.5 cm³/mol. The molecule has 1 saturated heterocycles. The summed E-state index contributed by atoms with van der Waals surface area (Å²) < 4.78 is 5.43. The Labute approximate surface area is 116 Å². The van der Waals surface area contributed by atoms with Gasteiger partial charge >= 0.3 is 0 Å². The van der Waals surface area contributed by atoms with Gasteiger partial charge in [0.25, 0.3) is 0 Å². The van der Waals surface area contributed by atoms with E-state index in [1.807, 2.05) is 11.8 Å². The molecule has 0 saturated carbocycles. The van der Waals surface area contributed by atoms with Crippen molar-refractivity contribution < 1.29 is 9.53 Å². The zero-order chi connectivity index (χ0) is 13.4. The fourth-order valence-corrected chi connectivity index (χ4v) is 2.81. The number of hydrogen-bond acceptors (Lipinski definition) is 5. The molecule has 7 heteroatoms. The highest BCUT2D eigenvalue weighted by Crippen LogP contribution is 2.34. The normalized spacial score (nSPS) is 26.2. The number of aromatic nitrogens is 2. The van der Waals surface area contributed by atoms with E-state index in [2.05, 4.69) is 15.3 Å². The van der Waals surface area contributed by atoms with Crippen molar-refractivity contribution in [1.29, 1.82) is 0 Å². The Morgan fingerprint density at radius 1 is 1.63 bits per heavy atom. The van der Waals surface area contributed by atoms with Crippen molar-refractivity contribution in [2.75, 3.05) is 23.4 Å². The van der Waals surface area contributed by atoms with E-state index in [1.165, 1.54) is 0 Å². The number of amides is 1. The molecule has 1 aromatic heterocycles. The first kappa shape index (κ1) is 12.6. The Bertz CT molecular complexity index is 505. The molecular formula is C12H15ClN4O2. The molecule has 2 atom stereocenters. The molecule has 2 aliphatic rings. The molecule has 0 radical (unpaired) electrons. The molecule has 19 heavy (non-hydrogen) atoms. The topological polar surface area (TPSA) is 67.4 Å². The Hall–Kier alpha value is -1.40. The smallest absolute Gasteiger partial charge is 0.247 e. The fraction of sp³-hybridized carbons (Fsp3) is 0.583. The third kappa shape index (κ3) is 2.15. The molecule has 1 aromatic rings. The van der Waals surface area contributed by atoms with E-state index in [9.17, 15) is 4.79 Å². The van der Waals surface area contributed by atoms with Crippen LogP contribution in [0.5, 0.6) is 0 Å². The van der Waals surface area contributed by atoms with Crippen LogP contribution in [-0.4, -0.2) is 41.2 Å². The molecule has 1 N–H and O–H groups in total. The SMILES string of the molecule is CCC1C(=O)Nc2cnc(Cl)nc2N1C1CCOC1. The molecule has 1 amide bonds. The van der Waals surface area contributed by atoms with Gasteiger partial charge in [-0.25, -0.2) is 4.98 Å². The standard InChI is InChI=1S/C12H15ClN4O2/c1-2-9-11(18)15-8-5-14-12(13)16-10(8)17(9)7-3-4-19-6-7/h5,7,9H,2-4,6H2,1H3,(H,15,18). The number of ether oxygens (including phenoxy) is 1. The van der Waals surface area contributed by atoms with Gasteiger partial charge in [0, 0.05) is 6.61 Å². The number of halogens is 1. The summed E-state index contributed by atoms with van der Waals surface area (Å²) in [4.78, 5) is 22.4. The molecule has 6 nitrogen and oxygen atoms in total. The van der Waals surface area contributed by atoms with Gasteiger partial charge in [-0.1, -0.05) is 6.92 Å². The van der Waals surface area contributed by atoms with Crippen LogP contribution < -0.4 is 10.2 Å². The second-order valence-electron chi connectivity index (χ2n) is 4.71. The summed E-state index contributed by atoms with van der Waals surface area (Å²) in [6, 6.07) is -0.0640. The van der Waals surface area contributed by atoms with Crippen LogP contribution in [0.25, 0.3) is 0 Å². The minimum atomic E-state index is -0.231. The van der Waals surface area contributed by atoms with Gasteiger partial charge in [0.2, 0.25) is 11.2 Å². The number of anilines is 2. The van der Waals surface area contributed by atoms with E-state index >= 15 is 0 Å². The van der Waals surface area contributed by atoms with Crippen LogP contribution in [0.4, 0.5) is 11.5 Å². The first-order valence-electron chi connectivity index (χ1n) is 6.40. The summed E-state index contributed by atoms with van der Waals surface area (Å²) in [7, 11) is 0. The van der Waals surface area contributed by atoms with Crippen molar-refractivity contribution in [3.05, 3.63) is 11.5 Å². The van der Waals surface area contributed by atoms with E-state index in [-0.39, 0.29) is 23.3 Å². The number of nitrogens with one attached hydrogen (secondary N) is 1. The summed E-state index contributed by atoms with van der Waals surface area (Å²) in [5.41, 5.74) is 0.617. The van der Waals surface area contributed by atoms with E-state index in [1.54, 1.807) is 6.20 Å². The first-order valence-corrected chi connectivity index (χ1v) is 6.78. The lowest BCUT2D eigenvalue weighted by atomic mass is 10.0. The van der Waals surface area contributed by atoms with E-state index < -0.39 is 0 Å². The molecule has 0 aliphatic carbocycles. The first-order chi connectivity index (χ1) is 9.20. The Kier molecular flexibility index (Phi) is 3.28. The monoisotopic (exact) mass is 282 g/mol. The van der Waals surface area contributed by atoms with Gasteiger partial charge < -0.3 is 15.0 Å². The molecule has 102 valence electrons. The maximum atomic E-state index is 12.2. The zero-order valence-corrected chi connectivity index (χ0v) is 11.4. The molecule has 0 bridgehead atoms. The fourth-order valence-electron chi connectivity index (χ4n) is 2.68. The van der Waals surface area contributed by atoms with Gasteiger partial charge in [-0.2, -0.15) is 4.98 Å². The highest BCUT2D eigenvalue weighted by Gasteiger charge is 2.38. The minimum absolute atomic E-state index is 0.0205. The van der Waals surface area contributed by atoms with Crippen molar-refractivity contribution >= 4 is 29.0 Å². The van der Waals surface area contributed by atoms with Crippen LogP contribution >= 0.6 is 11.6 Å². The second kappa shape index (κ2) is 4.94.